The maximum absolute atomic E-state index is 12.9. The van der Waals surface area contributed by atoms with Gasteiger partial charge in [-0.05, 0) is 79.4 Å². The van der Waals surface area contributed by atoms with E-state index in [4.69, 9.17) is 20.2 Å². The van der Waals surface area contributed by atoms with Crippen LogP contribution < -0.4 is 30.9 Å². The highest BCUT2D eigenvalue weighted by atomic mass is 16.5. The van der Waals surface area contributed by atoms with Crippen molar-refractivity contribution < 1.29 is 23.9 Å². The quantitative estimate of drug-likeness (QED) is 0.355. The molecule has 220 valence electrons. The number of aromatic nitrogens is 1. The van der Waals surface area contributed by atoms with Crippen molar-refractivity contribution >= 4 is 40.7 Å². The van der Waals surface area contributed by atoms with Crippen LogP contribution in [0.5, 0.6) is 5.75 Å². The zero-order valence-corrected chi connectivity index (χ0v) is 23.9. The van der Waals surface area contributed by atoms with Crippen LogP contribution in [0.2, 0.25) is 0 Å². The van der Waals surface area contributed by atoms with E-state index in [1.165, 1.54) is 0 Å². The molecule has 0 aliphatic carbocycles. The lowest BCUT2D eigenvalue weighted by atomic mass is 10.0. The summed E-state index contributed by atoms with van der Waals surface area (Å²) in [7, 11) is 1.59. The Morgan fingerprint density at radius 2 is 1.88 bits per heavy atom. The second-order valence-corrected chi connectivity index (χ2v) is 10.3. The molecule has 2 aliphatic rings. The predicted molar refractivity (Wildman–Crippen MR) is 161 cm³/mol. The van der Waals surface area contributed by atoms with Crippen LogP contribution in [0.3, 0.4) is 0 Å². The molecule has 2 fully saturated rings. The Balaban J connectivity index is 1.35. The van der Waals surface area contributed by atoms with Gasteiger partial charge in [0.25, 0.3) is 17.7 Å². The van der Waals surface area contributed by atoms with Gasteiger partial charge in [0.15, 0.2) is 0 Å². The molecule has 42 heavy (non-hydrogen) atoms. The number of amides is 3. The maximum Gasteiger partial charge on any atom is 0.253 e. The minimum absolute atomic E-state index is 0.0668. The van der Waals surface area contributed by atoms with Crippen LogP contribution in [0.4, 0.5) is 23.0 Å². The van der Waals surface area contributed by atoms with Gasteiger partial charge < -0.3 is 35.6 Å². The van der Waals surface area contributed by atoms with Crippen LogP contribution in [0.15, 0.2) is 54.6 Å². The molecule has 11 heteroatoms. The molecule has 1 aromatic heterocycles. The zero-order valence-electron chi connectivity index (χ0n) is 23.9. The second kappa shape index (κ2) is 12.9. The number of ether oxygens (including phenoxy) is 2. The van der Waals surface area contributed by atoms with Crippen molar-refractivity contribution in [2.45, 2.75) is 32.2 Å². The number of piperidine rings is 1. The molecule has 3 heterocycles. The van der Waals surface area contributed by atoms with Crippen molar-refractivity contribution in [1.29, 1.82) is 0 Å². The number of pyridine rings is 1. The van der Waals surface area contributed by atoms with Gasteiger partial charge in [-0.3, -0.25) is 14.4 Å². The summed E-state index contributed by atoms with van der Waals surface area (Å²) in [5.41, 5.74) is 9.00. The van der Waals surface area contributed by atoms with Gasteiger partial charge in [0, 0.05) is 42.6 Å². The van der Waals surface area contributed by atoms with Crippen LogP contribution >= 0.6 is 0 Å². The monoisotopic (exact) mass is 572 g/mol. The Kier molecular flexibility index (Phi) is 8.87. The number of methoxy groups -OCH3 is 1. The number of rotatable bonds is 9. The second-order valence-electron chi connectivity index (χ2n) is 10.3. The molecule has 0 spiro atoms. The van der Waals surface area contributed by atoms with Crippen LogP contribution in [0.25, 0.3) is 0 Å². The number of nitrogens with one attached hydrogen (secondary N) is 2. The summed E-state index contributed by atoms with van der Waals surface area (Å²) in [5.74, 6) is 0.988. The summed E-state index contributed by atoms with van der Waals surface area (Å²) in [6.45, 7) is 4.38. The Morgan fingerprint density at radius 1 is 1.12 bits per heavy atom. The Hall–Kier alpha value is -4.64. The molecular formula is C31H36N6O5. The fourth-order valence-corrected chi connectivity index (χ4v) is 5.36. The standard InChI is InChI=1S/C31H36N6O5/c1-3-20-17-26(36-14-4-5-23(18-36)34-31(40)21-6-12-25(41-2)13-7-21)35-30(28(20)29(32)39)33-22-8-10-24(11-9-22)37-15-16-42-19-27(37)38/h6-13,17,23H,3-5,14-16,18-19H2,1-2H3,(H2,32,39)(H,33,35)(H,34,40). The van der Waals surface area contributed by atoms with Gasteiger partial charge in [-0.25, -0.2) is 4.98 Å². The molecule has 0 saturated carbocycles. The number of hydrogen-bond donors (Lipinski definition) is 3. The van der Waals surface area contributed by atoms with E-state index in [-0.39, 0.29) is 24.5 Å². The van der Waals surface area contributed by atoms with Crippen LogP contribution in [0, 0.1) is 0 Å². The molecule has 3 amide bonds. The van der Waals surface area contributed by atoms with Gasteiger partial charge in [0.2, 0.25) is 0 Å². The summed E-state index contributed by atoms with van der Waals surface area (Å²) in [5, 5.41) is 6.42. The first kappa shape index (κ1) is 28.9. The first-order valence-corrected chi connectivity index (χ1v) is 14.1. The number of primary amides is 1. The van der Waals surface area contributed by atoms with Crippen molar-refractivity contribution in [3.8, 4) is 5.75 Å². The Labute approximate surface area is 245 Å². The minimum Gasteiger partial charge on any atom is -0.497 e. The molecule has 1 atom stereocenters. The first-order valence-electron chi connectivity index (χ1n) is 14.1. The fraction of sp³-hybridized carbons (Fsp3) is 0.355. The first-order chi connectivity index (χ1) is 20.4. The largest absolute Gasteiger partial charge is 0.497 e. The number of hydrogen-bond acceptors (Lipinski definition) is 8. The van der Waals surface area contributed by atoms with Crippen molar-refractivity contribution in [2.75, 3.05) is 55.1 Å². The van der Waals surface area contributed by atoms with E-state index in [2.05, 4.69) is 15.5 Å². The van der Waals surface area contributed by atoms with E-state index in [1.54, 1.807) is 36.3 Å². The number of benzene rings is 2. The number of nitrogens with two attached hydrogens (primary N) is 1. The third-order valence-corrected chi connectivity index (χ3v) is 7.58. The molecule has 0 bridgehead atoms. The Bertz CT molecular complexity index is 1440. The highest BCUT2D eigenvalue weighted by Crippen LogP contribution is 2.30. The summed E-state index contributed by atoms with van der Waals surface area (Å²) in [4.78, 5) is 46.3. The molecule has 2 saturated heterocycles. The van der Waals surface area contributed by atoms with E-state index in [0.29, 0.717) is 60.3 Å². The zero-order chi connectivity index (χ0) is 29.6. The van der Waals surface area contributed by atoms with Crippen molar-refractivity contribution in [3.63, 3.8) is 0 Å². The van der Waals surface area contributed by atoms with Crippen molar-refractivity contribution in [3.05, 3.63) is 71.3 Å². The summed E-state index contributed by atoms with van der Waals surface area (Å²) >= 11 is 0. The summed E-state index contributed by atoms with van der Waals surface area (Å²) < 4.78 is 10.4. The van der Waals surface area contributed by atoms with Gasteiger partial charge in [-0.1, -0.05) is 6.92 Å². The lowest BCUT2D eigenvalue weighted by Crippen LogP contribution is -2.48. The summed E-state index contributed by atoms with van der Waals surface area (Å²) in [6, 6.07) is 16.2. The lowest BCUT2D eigenvalue weighted by molar-refractivity contribution is -0.125. The van der Waals surface area contributed by atoms with E-state index in [9.17, 15) is 14.4 Å². The molecular weight excluding hydrogens is 536 g/mol. The van der Waals surface area contributed by atoms with E-state index in [1.807, 2.05) is 37.3 Å². The van der Waals surface area contributed by atoms with Crippen molar-refractivity contribution in [1.82, 2.24) is 10.3 Å². The average Bonchev–Trinajstić information content (AvgIpc) is 3.01. The number of carbonyl (C=O) groups is 3. The SMILES string of the molecule is CCc1cc(N2CCCC(NC(=O)c3ccc(OC)cc3)C2)nc(Nc2ccc(N3CCOCC3=O)cc2)c1C(N)=O. The maximum atomic E-state index is 12.9. The number of morpholine rings is 1. The van der Waals surface area contributed by atoms with Crippen LogP contribution in [0.1, 0.15) is 46.0 Å². The molecule has 2 aromatic carbocycles. The van der Waals surface area contributed by atoms with E-state index >= 15 is 0 Å². The number of aryl methyl sites for hydroxylation is 1. The third kappa shape index (κ3) is 6.46. The normalized spacial score (nSPS) is 17.1. The molecule has 2 aliphatic heterocycles. The van der Waals surface area contributed by atoms with Crippen LogP contribution in [-0.2, 0) is 16.0 Å². The molecule has 1 unspecified atom stereocenters. The molecule has 4 N–H and O–H groups in total. The minimum atomic E-state index is -0.563. The topological polar surface area (TPSA) is 139 Å². The molecule has 0 radical (unpaired) electrons. The number of nitrogens with zero attached hydrogens (tertiary/aromatic N) is 3. The molecule has 3 aromatic rings. The smallest absolute Gasteiger partial charge is 0.253 e. The van der Waals surface area contributed by atoms with Gasteiger partial charge >= 0.3 is 0 Å². The summed E-state index contributed by atoms with van der Waals surface area (Å²) in [6.07, 6.45) is 2.31. The number of anilines is 4. The average molecular weight is 573 g/mol. The predicted octanol–water partition coefficient (Wildman–Crippen LogP) is 3.26. The van der Waals surface area contributed by atoms with E-state index < -0.39 is 5.91 Å². The number of carbonyl (C=O) groups excluding carboxylic acids is 3. The van der Waals surface area contributed by atoms with Crippen LogP contribution in [-0.4, -0.2) is 68.7 Å². The third-order valence-electron chi connectivity index (χ3n) is 7.58. The van der Waals surface area contributed by atoms with Gasteiger partial charge in [0.1, 0.15) is 24.0 Å². The lowest BCUT2D eigenvalue weighted by Gasteiger charge is -2.34. The van der Waals surface area contributed by atoms with Gasteiger partial charge in [-0.2, -0.15) is 0 Å². The molecule has 5 rings (SSSR count). The van der Waals surface area contributed by atoms with Gasteiger partial charge in [0.05, 0.1) is 19.3 Å². The highest BCUT2D eigenvalue weighted by molar-refractivity contribution is 6.00. The van der Waals surface area contributed by atoms with Gasteiger partial charge in [-0.15, -0.1) is 0 Å². The Morgan fingerprint density at radius 3 is 2.55 bits per heavy atom. The van der Waals surface area contributed by atoms with Crippen molar-refractivity contribution in [2.24, 2.45) is 5.73 Å². The highest BCUT2D eigenvalue weighted by Gasteiger charge is 2.26. The molecule has 11 nitrogen and oxygen atoms in total. The fourth-order valence-electron chi connectivity index (χ4n) is 5.36. The van der Waals surface area contributed by atoms with E-state index in [0.717, 1.165) is 30.6 Å².